The molecule has 2 rings (SSSR count). The maximum atomic E-state index is 11.9. The van der Waals surface area contributed by atoms with Gasteiger partial charge in [-0.3, -0.25) is 4.79 Å². The van der Waals surface area contributed by atoms with Gasteiger partial charge in [0.1, 0.15) is 11.4 Å². The van der Waals surface area contributed by atoms with Crippen molar-refractivity contribution in [1.29, 1.82) is 0 Å². The molecule has 4 heteroatoms. The fourth-order valence-electron chi connectivity index (χ4n) is 2.70. The van der Waals surface area contributed by atoms with Crippen molar-refractivity contribution >= 4 is 0 Å². The maximum Gasteiger partial charge on any atom is 0.254 e. The minimum atomic E-state index is -0.395. The minimum Gasteiger partial charge on any atom is -0.370 e. The summed E-state index contributed by atoms with van der Waals surface area (Å²) in [4.78, 5) is 19.4. The van der Waals surface area contributed by atoms with Crippen LogP contribution in [0.5, 0.6) is 0 Å². The normalized spacial score (nSPS) is 19.5. The molecule has 1 N–H and O–H groups in total. The number of ether oxygens (including phenoxy) is 1. The summed E-state index contributed by atoms with van der Waals surface area (Å²) in [6.07, 6.45) is 6.61. The van der Waals surface area contributed by atoms with Crippen molar-refractivity contribution in [2.75, 3.05) is 7.11 Å². The Labute approximate surface area is 108 Å². The Morgan fingerprint density at radius 2 is 1.78 bits per heavy atom. The number of hydrogen-bond acceptors (Lipinski definition) is 3. The van der Waals surface area contributed by atoms with Crippen molar-refractivity contribution in [3.8, 4) is 0 Å². The van der Waals surface area contributed by atoms with Gasteiger partial charge in [-0.1, -0.05) is 25.7 Å². The van der Waals surface area contributed by atoms with Gasteiger partial charge in [-0.05, 0) is 26.7 Å². The predicted octanol–water partition coefficient (Wildman–Crippen LogP) is 2.58. The Hall–Kier alpha value is -1.16. The van der Waals surface area contributed by atoms with Crippen LogP contribution in [0.1, 0.15) is 55.6 Å². The molecule has 4 nitrogen and oxygen atoms in total. The van der Waals surface area contributed by atoms with E-state index in [-0.39, 0.29) is 5.56 Å². The maximum absolute atomic E-state index is 11.9. The zero-order chi connectivity index (χ0) is 13.2. The van der Waals surface area contributed by atoms with Crippen molar-refractivity contribution in [2.24, 2.45) is 0 Å². The summed E-state index contributed by atoms with van der Waals surface area (Å²) >= 11 is 0. The quantitative estimate of drug-likeness (QED) is 0.821. The van der Waals surface area contributed by atoms with Crippen LogP contribution >= 0.6 is 0 Å². The van der Waals surface area contributed by atoms with Crippen LogP contribution in [-0.4, -0.2) is 17.1 Å². The Kier molecular flexibility index (Phi) is 3.85. The molecule has 1 aliphatic rings. The Morgan fingerprint density at radius 3 is 2.28 bits per heavy atom. The average molecular weight is 250 g/mol. The molecule has 1 aromatic rings. The molecule has 18 heavy (non-hydrogen) atoms. The van der Waals surface area contributed by atoms with E-state index in [4.69, 9.17) is 4.74 Å². The minimum absolute atomic E-state index is 0.0434. The molecule has 0 radical (unpaired) electrons. The first-order chi connectivity index (χ1) is 8.59. The van der Waals surface area contributed by atoms with Crippen LogP contribution < -0.4 is 5.56 Å². The second-order valence-corrected chi connectivity index (χ2v) is 5.24. The first-order valence-corrected chi connectivity index (χ1v) is 6.72. The largest absolute Gasteiger partial charge is 0.370 e. The number of aromatic amines is 1. The molecular formula is C14H22N2O2. The molecule has 1 saturated carbocycles. The molecule has 0 bridgehead atoms. The van der Waals surface area contributed by atoms with E-state index in [9.17, 15) is 4.79 Å². The third kappa shape index (κ3) is 2.34. The number of methoxy groups -OCH3 is 1. The molecular weight excluding hydrogens is 228 g/mol. The van der Waals surface area contributed by atoms with Gasteiger partial charge in [0, 0.05) is 18.4 Å². The zero-order valence-corrected chi connectivity index (χ0v) is 11.5. The van der Waals surface area contributed by atoms with Gasteiger partial charge in [0.15, 0.2) is 0 Å². The van der Waals surface area contributed by atoms with E-state index in [0.717, 1.165) is 31.4 Å². The van der Waals surface area contributed by atoms with Gasteiger partial charge in [0.2, 0.25) is 0 Å². The monoisotopic (exact) mass is 250 g/mol. The van der Waals surface area contributed by atoms with E-state index in [1.807, 2.05) is 6.92 Å². The molecule has 1 aliphatic carbocycles. The lowest BCUT2D eigenvalue weighted by Crippen LogP contribution is -2.33. The van der Waals surface area contributed by atoms with Gasteiger partial charge in [-0.15, -0.1) is 0 Å². The van der Waals surface area contributed by atoms with Gasteiger partial charge in [0.25, 0.3) is 5.56 Å². The lowest BCUT2D eigenvalue weighted by Gasteiger charge is -2.30. The summed E-state index contributed by atoms with van der Waals surface area (Å²) in [6, 6.07) is 0. The molecule has 100 valence electrons. The number of H-pyrrole nitrogens is 1. The standard InChI is InChI=1S/C14H22N2O2/c1-10-11(2)15-13(16-12(10)17)14(18-3)8-6-4-5-7-9-14/h4-9H2,1-3H3,(H,15,16,17). The highest BCUT2D eigenvalue weighted by atomic mass is 16.5. The van der Waals surface area contributed by atoms with Gasteiger partial charge in [-0.2, -0.15) is 0 Å². The Balaban J connectivity index is 2.46. The Bertz CT molecular complexity index is 471. The number of nitrogens with one attached hydrogen (secondary N) is 1. The van der Waals surface area contributed by atoms with Gasteiger partial charge in [0.05, 0.1) is 0 Å². The number of aromatic nitrogens is 2. The van der Waals surface area contributed by atoms with Gasteiger partial charge >= 0.3 is 0 Å². The number of rotatable bonds is 2. The molecule has 0 aliphatic heterocycles. The first kappa shape index (κ1) is 13.3. The SMILES string of the molecule is COC1(c2nc(C)c(C)c(=O)[nH]2)CCCCCC1. The molecule has 0 amide bonds. The molecule has 0 unspecified atom stereocenters. The zero-order valence-electron chi connectivity index (χ0n) is 11.5. The summed E-state index contributed by atoms with van der Waals surface area (Å²) < 4.78 is 5.76. The van der Waals surface area contributed by atoms with E-state index < -0.39 is 5.60 Å². The highest BCUT2D eigenvalue weighted by molar-refractivity contribution is 5.17. The molecule has 1 heterocycles. The van der Waals surface area contributed by atoms with Crippen molar-refractivity contribution < 1.29 is 4.74 Å². The fraction of sp³-hybridized carbons (Fsp3) is 0.714. The summed E-state index contributed by atoms with van der Waals surface area (Å²) in [5, 5.41) is 0. The van der Waals surface area contributed by atoms with Crippen molar-refractivity contribution in [2.45, 2.75) is 58.0 Å². The van der Waals surface area contributed by atoms with Crippen LogP contribution in [0.2, 0.25) is 0 Å². The van der Waals surface area contributed by atoms with E-state index in [1.54, 1.807) is 14.0 Å². The predicted molar refractivity (Wildman–Crippen MR) is 70.7 cm³/mol. The van der Waals surface area contributed by atoms with E-state index in [2.05, 4.69) is 9.97 Å². The summed E-state index contributed by atoms with van der Waals surface area (Å²) in [5.74, 6) is 0.708. The highest BCUT2D eigenvalue weighted by Crippen LogP contribution is 2.36. The smallest absolute Gasteiger partial charge is 0.254 e. The second kappa shape index (κ2) is 5.22. The number of aryl methyl sites for hydroxylation is 1. The lowest BCUT2D eigenvalue weighted by molar-refractivity contribution is -0.0354. The van der Waals surface area contributed by atoms with Crippen LogP contribution in [-0.2, 0) is 10.3 Å². The summed E-state index contributed by atoms with van der Waals surface area (Å²) in [6.45, 7) is 3.69. The van der Waals surface area contributed by atoms with Crippen LogP contribution in [0, 0.1) is 13.8 Å². The van der Waals surface area contributed by atoms with Crippen LogP contribution in [0.4, 0.5) is 0 Å². The number of nitrogens with zero attached hydrogens (tertiary/aromatic N) is 1. The third-order valence-corrected chi connectivity index (χ3v) is 4.13. The highest BCUT2D eigenvalue weighted by Gasteiger charge is 2.35. The van der Waals surface area contributed by atoms with Crippen molar-refractivity contribution in [3.63, 3.8) is 0 Å². The lowest BCUT2D eigenvalue weighted by atomic mass is 9.93. The van der Waals surface area contributed by atoms with E-state index >= 15 is 0 Å². The molecule has 0 spiro atoms. The summed E-state index contributed by atoms with van der Waals surface area (Å²) in [5.41, 5.74) is 1.06. The van der Waals surface area contributed by atoms with Crippen molar-refractivity contribution in [1.82, 2.24) is 9.97 Å². The molecule has 1 fully saturated rings. The van der Waals surface area contributed by atoms with Crippen molar-refractivity contribution in [3.05, 3.63) is 27.4 Å². The van der Waals surface area contributed by atoms with Gasteiger partial charge < -0.3 is 9.72 Å². The molecule has 0 atom stereocenters. The molecule has 1 aromatic heterocycles. The fourth-order valence-corrected chi connectivity index (χ4v) is 2.70. The average Bonchev–Trinajstić information content (AvgIpc) is 2.61. The van der Waals surface area contributed by atoms with Crippen LogP contribution in [0.15, 0.2) is 4.79 Å². The number of hydrogen-bond donors (Lipinski definition) is 1. The topological polar surface area (TPSA) is 55.0 Å². The third-order valence-electron chi connectivity index (χ3n) is 4.13. The molecule has 0 aromatic carbocycles. The second-order valence-electron chi connectivity index (χ2n) is 5.24. The summed E-state index contributed by atoms with van der Waals surface area (Å²) in [7, 11) is 1.72. The van der Waals surface area contributed by atoms with E-state index in [1.165, 1.54) is 12.8 Å². The van der Waals surface area contributed by atoms with E-state index in [0.29, 0.717) is 11.4 Å². The first-order valence-electron chi connectivity index (χ1n) is 6.72. The molecule has 0 saturated heterocycles. The van der Waals surface area contributed by atoms with Crippen LogP contribution in [0.3, 0.4) is 0 Å². The van der Waals surface area contributed by atoms with Gasteiger partial charge in [-0.25, -0.2) is 4.98 Å². The van der Waals surface area contributed by atoms with Crippen LogP contribution in [0.25, 0.3) is 0 Å². The Morgan fingerprint density at radius 1 is 1.17 bits per heavy atom.